The lowest BCUT2D eigenvalue weighted by atomic mass is 9.78. The molecule has 15 heavy (non-hydrogen) atoms. The van der Waals surface area contributed by atoms with E-state index in [-0.39, 0.29) is 0 Å². The van der Waals surface area contributed by atoms with E-state index in [9.17, 15) is 0 Å². The lowest BCUT2D eigenvalue weighted by Gasteiger charge is -2.12. The summed E-state index contributed by atoms with van der Waals surface area (Å²) in [4.78, 5) is 0. The summed E-state index contributed by atoms with van der Waals surface area (Å²) in [6, 6.07) is 5.56. The van der Waals surface area contributed by atoms with Crippen LogP contribution in [0.1, 0.15) is 37.2 Å². The van der Waals surface area contributed by atoms with E-state index < -0.39 is 7.12 Å². The normalized spacial score (nSPS) is 16.9. The summed E-state index contributed by atoms with van der Waals surface area (Å²) in [6.45, 7) is 0. The van der Waals surface area contributed by atoms with Gasteiger partial charge in [0, 0.05) is 11.2 Å². The molecule has 1 fully saturated rings. The third kappa shape index (κ3) is 2.16. The first-order valence-corrected chi connectivity index (χ1v) is 5.44. The molecule has 1 aliphatic rings. The standard InChI is InChI=1S/C11H16BNO2/c13-11-7-9(8-3-1-2-4-8)5-6-10(11)12(14)15/h5-8,14-15H,1-4,13H2. The van der Waals surface area contributed by atoms with Gasteiger partial charge in [-0.15, -0.1) is 0 Å². The third-order valence-electron chi connectivity index (χ3n) is 3.22. The number of benzene rings is 1. The average Bonchev–Trinajstić information content (AvgIpc) is 2.69. The first-order chi connectivity index (χ1) is 7.18. The molecule has 1 saturated carbocycles. The SMILES string of the molecule is Nc1cc(C2CCCC2)ccc1B(O)O. The summed E-state index contributed by atoms with van der Waals surface area (Å²) in [5, 5.41) is 18.1. The minimum absolute atomic E-state index is 0.400. The highest BCUT2D eigenvalue weighted by Gasteiger charge is 2.20. The Morgan fingerprint density at radius 3 is 2.40 bits per heavy atom. The fraction of sp³-hybridized carbons (Fsp3) is 0.455. The highest BCUT2D eigenvalue weighted by Crippen LogP contribution is 2.34. The summed E-state index contributed by atoms with van der Waals surface area (Å²) >= 11 is 0. The fourth-order valence-electron chi connectivity index (χ4n) is 2.34. The van der Waals surface area contributed by atoms with Gasteiger partial charge in [0.2, 0.25) is 0 Å². The number of hydrogen-bond acceptors (Lipinski definition) is 3. The molecule has 0 saturated heterocycles. The molecular weight excluding hydrogens is 189 g/mol. The van der Waals surface area contributed by atoms with Crippen LogP contribution >= 0.6 is 0 Å². The molecule has 0 radical (unpaired) electrons. The monoisotopic (exact) mass is 205 g/mol. The molecule has 0 unspecified atom stereocenters. The maximum Gasteiger partial charge on any atom is 0.490 e. The summed E-state index contributed by atoms with van der Waals surface area (Å²) < 4.78 is 0. The molecule has 4 heteroatoms. The van der Waals surface area contributed by atoms with Crippen LogP contribution in [0.15, 0.2) is 18.2 Å². The zero-order chi connectivity index (χ0) is 10.8. The first-order valence-electron chi connectivity index (χ1n) is 5.44. The molecule has 4 N–H and O–H groups in total. The maximum atomic E-state index is 9.04. The molecule has 0 aromatic heterocycles. The largest absolute Gasteiger partial charge is 0.490 e. The predicted molar refractivity (Wildman–Crippen MR) is 61.9 cm³/mol. The van der Waals surface area contributed by atoms with Crippen LogP contribution in [-0.2, 0) is 0 Å². The number of nitrogens with two attached hydrogens (primary N) is 1. The van der Waals surface area contributed by atoms with Gasteiger partial charge in [0.15, 0.2) is 0 Å². The van der Waals surface area contributed by atoms with Crippen molar-refractivity contribution in [1.82, 2.24) is 0 Å². The molecule has 3 nitrogen and oxygen atoms in total. The van der Waals surface area contributed by atoms with Gasteiger partial charge < -0.3 is 15.8 Å². The average molecular weight is 205 g/mol. The molecule has 1 aromatic rings. The van der Waals surface area contributed by atoms with Crippen LogP contribution in [0.3, 0.4) is 0 Å². The zero-order valence-corrected chi connectivity index (χ0v) is 8.69. The Labute approximate surface area is 90.1 Å². The fourth-order valence-corrected chi connectivity index (χ4v) is 2.34. The second-order valence-electron chi connectivity index (χ2n) is 4.24. The van der Waals surface area contributed by atoms with Crippen LogP contribution in [0.2, 0.25) is 0 Å². The summed E-state index contributed by atoms with van der Waals surface area (Å²) in [5.74, 6) is 0.609. The zero-order valence-electron chi connectivity index (χ0n) is 8.69. The van der Waals surface area contributed by atoms with Crippen molar-refractivity contribution >= 4 is 18.3 Å². The van der Waals surface area contributed by atoms with Crippen LogP contribution in [-0.4, -0.2) is 17.2 Å². The number of hydrogen-bond donors (Lipinski definition) is 3. The van der Waals surface area contributed by atoms with Crippen molar-refractivity contribution in [3.63, 3.8) is 0 Å². The molecule has 0 spiro atoms. The van der Waals surface area contributed by atoms with Crippen LogP contribution in [0.5, 0.6) is 0 Å². The summed E-state index contributed by atoms with van der Waals surface area (Å²) in [5.41, 5.74) is 7.88. The third-order valence-corrected chi connectivity index (χ3v) is 3.22. The molecule has 0 heterocycles. The Bertz CT molecular complexity index is 348. The summed E-state index contributed by atoms with van der Waals surface area (Å²) in [7, 11) is -1.47. The molecule has 1 aliphatic carbocycles. The van der Waals surface area contributed by atoms with Gasteiger partial charge >= 0.3 is 7.12 Å². The Morgan fingerprint density at radius 1 is 1.20 bits per heavy atom. The van der Waals surface area contributed by atoms with Gasteiger partial charge in [-0.1, -0.05) is 25.0 Å². The van der Waals surface area contributed by atoms with E-state index in [1.165, 1.54) is 31.2 Å². The molecule has 0 aliphatic heterocycles. The highest BCUT2D eigenvalue weighted by molar-refractivity contribution is 6.60. The lowest BCUT2D eigenvalue weighted by molar-refractivity contribution is 0.426. The van der Waals surface area contributed by atoms with E-state index in [1.54, 1.807) is 6.07 Å². The van der Waals surface area contributed by atoms with Crippen molar-refractivity contribution in [2.75, 3.05) is 5.73 Å². The van der Waals surface area contributed by atoms with Gasteiger partial charge in [0.1, 0.15) is 0 Å². The number of nitrogen functional groups attached to an aromatic ring is 1. The molecule has 0 amide bonds. The predicted octanol–water partition coefficient (Wildman–Crippen LogP) is 0.606. The van der Waals surface area contributed by atoms with Gasteiger partial charge in [0.25, 0.3) is 0 Å². The Balaban J connectivity index is 2.24. The van der Waals surface area contributed by atoms with E-state index in [1.807, 2.05) is 12.1 Å². The Hall–Kier alpha value is -0.995. The quantitative estimate of drug-likeness (QED) is 0.489. The van der Waals surface area contributed by atoms with Crippen molar-refractivity contribution in [3.8, 4) is 0 Å². The smallest absolute Gasteiger partial charge is 0.423 e. The van der Waals surface area contributed by atoms with Crippen LogP contribution in [0, 0.1) is 0 Å². The molecule has 0 bridgehead atoms. The second kappa shape index (κ2) is 4.25. The molecule has 1 aromatic carbocycles. The maximum absolute atomic E-state index is 9.04. The summed E-state index contributed by atoms with van der Waals surface area (Å²) in [6.07, 6.45) is 5.02. The van der Waals surface area contributed by atoms with E-state index in [4.69, 9.17) is 15.8 Å². The minimum atomic E-state index is -1.47. The van der Waals surface area contributed by atoms with Crippen molar-refractivity contribution in [2.24, 2.45) is 0 Å². The van der Waals surface area contributed by atoms with E-state index in [2.05, 4.69) is 0 Å². The minimum Gasteiger partial charge on any atom is -0.423 e. The van der Waals surface area contributed by atoms with Crippen molar-refractivity contribution in [2.45, 2.75) is 31.6 Å². The number of anilines is 1. The van der Waals surface area contributed by atoms with E-state index >= 15 is 0 Å². The lowest BCUT2D eigenvalue weighted by Crippen LogP contribution is -2.32. The van der Waals surface area contributed by atoms with E-state index in [0.717, 1.165) is 0 Å². The molecule has 0 atom stereocenters. The van der Waals surface area contributed by atoms with Crippen LogP contribution < -0.4 is 11.2 Å². The van der Waals surface area contributed by atoms with Gasteiger partial charge in [-0.05, 0) is 30.4 Å². The van der Waals surface area contributed by atoms with E-state index in [0.29, 0.717) is 17.1 Å². The molecular formula is C11H16BNO2. The highest BCUT2D eigenvalue weighted by atomic mass is 16.4. The van der Waals surface area contributed by atoms with Crippen LogP contribution in [0.4, 0.5) is 5.69 Å². The van der Waals surface area contributed by atoms with Crippen molar-refractivity contribution < 1.29 is 10.0 Å². The topological polar surface area (TPSA) is 66.5 Å². The second-order valence-corrected chi connectivity index (χ2v) is 4.24. The number of rotatable bonds is 2. The van der Waals surface area contributed by atoms with Crippen molar-refractivity contribution in [3.05, 3.63) is 23.8 Å². The van der Waals surface area contributed by atoms with Crippen molar-refractivity contribution in [1.29, 1.82) is 0 Å². The van der Waals surface area contributed by atoms with Crippen LogP contribution in [0.25, 0.3) is 0 Å². The first kappa shape index (κ1) is 10.5. The Morgan fingerprint density at radius 2 is 1.87 bits per heavy atom. The van der Waals surface area contributed by atoms with Gasteiger partial charge in [-0.2, -0.15) is 0 Å². The Kier molecular flexibility index (Phi) is 2.98. The van der Waals surface area contributed by atoms with Gasteiger partial charge in [-0.25, -0.2) is 0 Å². The van der Waals surface area contributed by atoms with Gasteiger partial charge in [0.05, 0.1) is 0 Å². The van der Waals surface area contributed by atoms with Gasteiger partial charge in [-0.3, -0.25) is 0 Å². The molecule has 80 valence electrons. The molecule has 2 rings (SSSR count).